The van der Waals surface area contributed by atoms with Gasteiger partial charge in [0, 0.05) is 0 Å². The van der Waals surface area contributed by atoms with Gasteiger partial charge in [-0.25, -0.2) is 0 Å². The molecule has 0 aromatic heterocycles. The highest BCUT2D eigenvalue weighted by Crippen LogP contribution is 2.36. The Morgan fingerprint density at radius 1 is 0.750 bits per heavy atom. The van der Waals surface area contributed by atoms with Gasteiger partial charge >= 0.3 is 6.18 Å². The first-order valence-corrected chi connectivity index (χ1v) is 9.04. The minimum absolute atomic E-state index is 0.650. The molecule has 0 aliphatic rings. The maximum absolute atomic E-state index is 13.0. The van der Waals surface area contributed by atoms with Crippen LogP contribution in [0.5, 0.6) is 5.75 Å². The molecule has 0 spiro atoms. The SMILES string of the molecule is CC/C(=C(\c1ccc(OC)cc1)c1ccc(C(F)(F)F)cc1)c1ccccc1. The number of ether oxygens (including phenoxy) is 1. The van der Waals surface area contributed by atoms with Crippen LogP contribution in [0.1, 0.15) is 35.6 Å². The summed E-state index contributed by atoms with van der Waals surface area (Å²) in [7, 11) is 1.60. The Bertz CT molecular complexity index is 938. The van der Waals surface area contributed by atoms with Gasteiger partial charge in [0.15, 0.2) is 0 Å². The molecule has 0 saturated carbocycles. The molecule has 28 heavy (non-hydrogen) atoms. The Morgan fingerprint density at radius 3 is 1.75 bits per heavy atom. The maximum atomic E-state index is 13.0. The lowest BCUT2D eigenvalue weighted by molar-refractivity contribution is -0.137. The van der Waals surface area contributed by atoms with Crippen molar-refractivity contribution in [1.82, 2.24) is 0 Å². The summed E-state index contributed by atoms with van der Waals surface area (Å²) >= 11 is 0. The summed E-state index contributed by atoms with van der Waals surface area (Å²) in [5.41, 5.74) is 4.08. The van der Waals surface area contributed by atoms with Crippen LogP contribution in [0.15, 0.2) is 78.9 Å². The first kappa shape index (κ1) is 19.7. The van der Waals surface area contributed by atoms with Crippen molar-refractivity contribution in [2.24, 2.45) is 0 Å². The van der Waals surface area contributed by atoms with E-state index in [2.05, 4.69) is 6.92 Å². The van der Waals surface area contributed by atoms with Gasteiger partial charge in [0.1, 0.15) is 5.75 Å². The molecule has 0 bridgehead atoms. The van der Waals surface area contributed by atoms with Crippen molar-refractivity contribution in [3.8, 4) is 5.75 Å². The molecule has 0 aliphatic carbocycles. The predicted molar refractivity (Wildman–Crippen MR) is 107 cm³/mol. The summed E-state index contributed by atoms with van der Waals surface area (Å²) in [6.45, 7) is 2.05. The molecule has 0 amide bonds. The number of benzene rings is 3. The second kappa shape index (κ2) is 8.34. The Morgan fingerprint density at radius 2 is 1.29 bits per heavy atom. The van der Waals surface area contributed by atoms with Crippen LogP contribution in [-0.4, -0.2) is 7.11 Å². The number of hydrogen-bond acceptors (Lipinski definition) is 1. The lowest BCUT2D eigenvalue weighted by Gasteiger charge is -2.17. The van der Waals surface area contributed by atoms with E-state index in [9.17, 15) is 13.2 Å². The minimum Gasteiger partial charge on any atom is -0.497 e. The molecule has 3 aromatic rings. The van der Waals surface area contributed by atoms with Crippen LogP contribution in [-0.2, 0) is 6.18 Å². The minimum atomic E-state index is -4.35. The number of allylic oxidation sites excluding steroid dienone is 1. The van der Waals surface area contributed by atoms with E-state index in [-0.39, 0.29) is 0 Å². The summed E-state index contributed by atoms with van der Waals surface area (Å²) in [6.07, 6.45) is -3.61. The van der Waals surface area contributed by atoms with Crippen molar-refractivity contribution < 1.29 is 17.9 Å². The number of alkyl halides is 3. The fraction of sp³-hybridized carbons (Fsp3) is 0.167. The highest BCUT2D eigenvalue weighted by Gasteiger charge is 2.30. The van der Waals surface area contributed by atoms with Crippen molar-refractivity contribution in [2.75, 3.05) is 7.11 Å². The van der Waals surface area contributed by atoms with Crippen molar-refractivity contribution in [1.29, 1.82) is 0 Å². The zero-order valence-corrected chi connectivity index (χ0v) is 15.8. The smallest absolute Gasteiger partial charge is 0.416 e. The summed E-state index contributed by atoms with van der Waals surface area (Å²) < 4.78 is 44.2. The highest BCUT2D eigenvalue weighted by molar-refractivity contribution is 5.98. The lowest BCUT2D eigenvalue weighted by atomic mass is 9.88. The quantitative estimate of drug-likeness (QED) is 0.428. The molecule has 0 radical (unpaired) electrons. The van der Waals surface area contributed by atoms with Crippen LogP contribution >= 0.6 is 0 Å². The maximum Gasteiger partial charge on any atom is 0.416 e. The number of hydrogen-bond donors (Lipinski definition) is 0. The second-order valence-electron chi connectivity index (χ2n) is 6.38. The van der Waals surface area contributed by atoms with E-state index < -0.39 is 11.7 Å². The van der Waals surface area contributed by atoms with Crippen molar-refractivity contribution in [2.45, 2.75) is 19.5 Å². The largest absolute Gasteiger partial charge is 0.497 e. The van der Waals surface area contributed by atoms with Crippen molar-refractivity contribution in [3.63, 3.8) is 0 Å². The van der Waals surface area contributed by atoms with Gasteiger partial charge in [0.25, 0.3) is 0 Å². The van der Waals surface area contributed by atoms with Gasteiger partial charge in [-0.2, -0.15) is 13.2 Å². The fourth-order valence-electron chi connectivity index (χ4n) is 3.26. The molecule has 3 rings (SSSR count). The normalized spacial score (nSPS) is 12.5. The van der Waals surface area contributed by atoms with Crippen LogP contribution in [0, 0.1) is 0 Å². The Labute approximate surface area is 163 Å². The second-order valence-corrected chi connectivity index (χ2v) is 6.38. The van der Waals surface area contributed by atoms with E-state index in [1.807, 2.05) is 54.6 Å². The Hall–Kier alpha value is -3.01. The van der Waals surface area contributed by atoms with Gasteiger partial charge in [-0.1, -0.05) is 61.5 Å². The molecular formula is C24H21F3O. The fourth-order valence-corrected chi connectivity index (χ4v) is 3.26. The third-order valence-corrected chi connectivity index (χ3v) is 4.66. The van der Waals surface area contributed by atoms with E-state index >= 15 is 0 Å². The molecule has 4 heteroatoms. The third-order valence-electron chi connectivity index (χ3n) is 4.66. The molecule has 0 unspecified atom stereocenters. The first-order valence-electron chi connectivity index (χ1n) is 9.04. The highest BCUT2D eigenvalue weighted by atomic mass is 19.4. The molecule has 0 atom stereocenters. The summed E-state index contributed by atoms with van der Waals surface area (Å²) in [5.74, 6) is 0.730. The van der Waals surface area contributed by atoms with Gasteiger partial charge in [-0.05, 0) is 58.5 Å². The lowest BCUT2D eigenvalue weighted by Crippen LogP contribution is -2.04. The number of rotatable bonds is 5. The predicted octanol–water partition coefficient (Wildman–Crippen LogP) is 7.08. The first-order chi connectivity index (χ1) is 13.4. The third kappa shape index (κ3) is 4.28. The molecule has 3 aromatic carbocycles. The molecule has 0 aliphatic heterocycles. The van der Waals surface area contributed by atoms with Crippen LogP contribution in [0.4, 0.5) is 13.2 Å². The van der Waals surface area contributed by atoms with Gasteiger partial charge in [-0.3, -0.25) is 0 Å². The van der Waals surface area contributed by atoms with Crippen LogP contribution in [0.3, 0.4) is 0 Å². The molecule has 0 N–H and O–H groups in total. The van der Waals surface area contributed by atoms with E-state index in [4.69, 9.17) is 4.74 Å². The van der Waals surface area contributed by atoms with E-state index in [0.717, 1.165) is 52.1 Å². The molecule has 0 fully saturated rings. The number of halogens is 3. The van der Waals surface area contributed by atoms with Crippen LogP contribution < -0.4 is 4.74 Å². The van der Waals surface area contributed by atoms with Crippen molar-refractivity contribution >= 4 is 11.1 Å². The zero-order valence-electron chi connectivity index (χ0n) is 15.8. The standard InChI is InChI=1S/C24H21F3O/c1-3-22(17-7-5-4-6-8-17)23(19-11-15-21(28-2)16-12-19)18-9-13-20(14-10-18)24(25,26)27/h4-16H,3H2,1-2H3/b23-22+. The monoisotopic (exact) mass is 382 g/mol. The summed E-state index contributed by atoms with van der Waals surface area (Å²) in [6, 6.07) is 22.9. The molecule has 0 heterocycles. The average molecular weight is 382 g/mol. The summed E-state index contributed by atoms with van der Waals surface area (Å²) in [5, 5.41) is 0. The van der Waals surface area contributed by atoms with Gasteiger partial charge in [-0.15, -0.1) is 0 Å². The van der Waals surface area contributed by atoms with E-state index in [0.29, 0.717) is 0 Å². The Kier molecular flexibility index (Phi) is 5.88. The topological polar surface area (TPSA) is 9.23 Å². The van der Waals surface area contributed by atoms with Crippen molar-refractivity contribution in [3.05, 3.63) is 101 Å². The van der Waals surface area contributed by atoms with Gasteiger partial charge < -0.3 is 4.74 Å². The van der Waals surface area contributed by atoms with Crippen LogP contribution in [0.25, 0.3) is 11.1 Å². The van der Waals surface area contributed by atoms with Gasteiger partial charge in [0.2, 0.25) is 0 Å². The Balaban J connectivity index is 2.20. The molecule has 144 valence electrons. The molecular weight excluding hydrogens is 361 g/mol. The zero-order chi connectivity index (χ0) is 20.1. The summed E-state index contributed by atoms with van der Waals surface area (Å²) in [4.78, 5) is 0. The number of methoxy groups -OCH3 is 1. The molecule has 0 saturated heterocycles. The van der Waals surface area contributed by atoms with E-state index in [1.54, 1.807) is 19.2 Å². The molecule has 1 nitrogen and oxygen atoms in total. The van der Waals surface area contributed by atoms with Gasteiger partial charge in [0.05, 0.1) is 12.7 Å². The average Bonchev–Trinajstić information content (AvgIpc) is 2.72. The van der Waals surface area contributed by atoms with E-state index in [1.165, 1.54) is 0 Å². The van der Waals surface area contributed by atoms with Crippen LogP contribution in [0.2, 0.25) is 0 Å².